The molecule has 1 aliphatic rings. The first kappa shape index (κ1) is 13.9. The molecule has 2 heteroatoms. The summed E-state index contributed by atoms with van der Waals surface area (Å²) in [6.07, 6.45) is 7.09. The second-order valence-corrected chi connectivity index (χ2v) is 6.17. The van der Waals surface area contributed by atoms with Crippen LogP contribution in [0.3, 0.4) is 0 Å². The lowest BCUT2D eigenvalue weighted by Crippen LogP contribution is -2.38. The maximum absolute atomic E-state index is 6.55. The first-order chi connectivity index (χ1) is 8.57. The van der Waals surface area contributed by atoms with E-state index in [1.165, 1.54) is 30.4 Å². The maximum Gasteiger partial charge on any atom is 0.0444 e. The van der Waals surface area contributed by atoms with Gasteiger partial charge in [0, 0.05) is 10.6 Å². The highest BCUT2D eigenvalue weighted by atomic mass is 35.5. The van der Waals surface area contributed by atoms with E-state index >= 15 is 0 Å². The summed E-state index contributed by atoms with van der Waals surface area (Å²) in [5.74, 6) is 0.520. The van der Waals surface area contributed by atoms with Gasteiger partial charge in [0.25, 0.3) is 0 Å². The third-order valence-corrected chi connectivity index (χ3v) is 4.79. The van der Waals surface area contributed by atoms with E-state index in [9.17, 15) is 0 Å². The Labute approximate surface area is 116 Å². The molecule has 1 aromatic carbocycles. The van der Waals surface area contributed by atoms with Gasteiger partial charge in [0.15, 0.2) is 0 Å². The number of halogens is 1. The number of hydrogen-bond donors (Lipinski definition) is 1. The fourth-order valence-electron chi connectivity index (χ4n) is 2.93. The Morgan fingerprint density at radius 2 is 1.94 bits per heavy atom. The zero-order valence-electron chi connectivity index (χ0n) is 11.5. The van der Waals surface area contributed by atoms with Crippen molar-refractivity contribution >= 4 is 11.6 Å². The summed E-state index contributed by atoms with van der Waals surface area (Å²) in [6.45, 7) is 4.42. The minimum Gasteiger partial charge on any atom is -0.321 e. The topological polar surface area (TPSA) is 26.0 Å². The Morgan fingerprint density at radius 1 is 1.28 bits per heavy atom. The number of hydrogen-bond acceptors (Lipinski definition) is 1. The second-order valence-electron chi connectivity index (χ2n) is 5.76. The van der Waals surface area contributed by atoms with Gasteiger partial charge in [-0.3, -0.25) is 0 Å². The highest BCUT2D eigenvalue weighted by molar-refractivity contribution is 6.31. The Hall–Kier alpha value is -0.530. The minimum atomic E-state index is -0.143. The Bertz CT molecular complexity index is 408. The summed E-state index contributed by atoms with van der Waals surface area (Å²) in [4.78, 5) is 0. The van der Waals surface area contributed by atoms with E-state index in [1.54, 1.807) is 0 Å². The third-order valence-electron chi connectivity index (χ3n) is 4.46. The highest BCUT2D eigenvalue weighted by Crippen LogP contribution is 2.37. The molecule has 1 fully saturated rings. The molecule has 100 valence electrons. The second kappa shape index (κ2) is 5.63. The van der Waals surface area contributed by atoms with Gasteiger partial charge in [-0.05, 0) is 42.4 Å². The van der Waals surface area contributed by atoms with Crippen LogP contribution in [0.4, 0.5) is 0 Å². The van der Waals surface area contributed by atoms with Crippen molar-refractivity contribution in [2.75, 3.05) is 0 Å². The van der Waals surface area contributed by atoms with Crippen LogP contribution in [-0.2, 0) is 5.54 Å². The van der Waals surface area contributed by atoms with Gasteiger partial charge in [0.2, 0.25) is 0 Å². The summed E-state index contributed by atoms with van der Waals surface area (Å²) in [7, 11) is 0. The third kappa shape index (κ3) is 2.73. The zero-order chi connectivity index (χ0) is 13.2. The summed E-state index contributed by atoms with van der Waals surface area (Å²) in [5.41, 5.74) is 8.88. The van der Waals surface area contributed by atoms with Crippen molar-refractivity contribution in [2.24, 2.45) is 5.73 Å². The molecular formula is C16H24ClN. The molecule has 2 rings (SSSR count). The van der Waals surface area contributed by atoms with Crippen molar-refractivity contribution in [3.63, 3.8) is 0 Å². The molecule has 1 saturated carbocycles. The maximum atomic E-state index is 6.55. The van der Waals surface area contributed by atoms with E-state index in [4.69, 9.17) is 17.3 Å². The van der Waals surface area contributed by atoms with E-state index in [0.29, 0.717) is 5.92 Å². The molecule has 2 N–H and O–H groups in total. The lowest BCUT2D eigenvalue weighted by Gasteiger charge is -2.34. The average molecular weight is 266 g/mol. The van der Waals surface area contributed by atoms with Crippen molar-refractivity contribution in [3.8, 4) is 0 Å². The van der Waals surface area contributed by atoms with Crippen molar-refractivity contribution in [1.29, 1.82) is 0 Å². The van der Waals surface area contributed by atoms with Crippen LogP contribution in [0.1, 0.15) is 69.4 Å². The van der Waals surface area contributed by atoms with Crippen molar-refractivity contribution in [3.05, 3.63) is 34.3 Å². The molecule has 18 heavy (non-hydrogen) atoms. The molecule has 0 spiro atoms. The van der Waals surface area contributed by atoms with Crippen molar-refractivity contribution < 1.29 is 0 Å². The summed E-state index contributed by atoms with van der Waals surface area (Å²) in [6, 6.07) is 6.47. The number of rotatable bonds is 3. The normalized spacial score (nSPS) is 20.7. The Kier molecular flexibility index (Phi) is 4.34. The molecule has 1 atom stereocenters. The van der Waals surface area contributed by atoms with Gasteiger partial charge in [-0.2, -0.15) is 0 Å². The van der Waals surface area contributed by atoms with Gasteiger partial charge in [-0.15, -0.1) is 0 Å². The smallest absolute Gasteiger partial charge is 0.0444 e. The lowest BCUT2D eigenvalue weighted by atomic mass is 9.77. The standard InChI is InChI=1S/C16H24ClN/c1-3-12(2)14-8-7-13(11-15(14)17)16(18)9-5-4-6-10-16/h7-8,11-12H,3-6,9-10,18H2,1-2H3. The molecule has 0 heterocycles. The predicted octanol–water partition coefficient (Wildman–Crippen LogP) is 4.97. The quantitative estimate of drug-likeness (QED) is 0.820. The monoisotopic (exact) mass is 265 g/mol. The summed E-state index contributed by atoms with van der Waals surface area (Å²) >= 11 is 6.43. The van der Waals surface area contributed by atoms with Crippen LogP contribution in [0.2, 0.25) is 5.02 Å². The minimum absolute atomic E-state index is 0.143. The first-order valence-corrected chi connectivity index (χ1v) is 7.53. The van der Waals surface area contributed by atoms with E-state index in [1.807, 2.05) is 0 Å². The molecule has 0 bridgehead atoms. The molecule has 0 radical (unpaired) electrons. The Morgan fingerprint density at radius 3 is 2.50 bits per heavy atom. The SMILES string of the molecule is CCC(C)c1ccc(C2(N)CCCCC2)cc1Cl. The van der Waals surface area contributed by atoms with Crippen LogP contribution in [0, 0.1) is 0 Å². The number of nitrogens with two attached hydrogens (primary N) is 1. The van der Waals surface area contributed by atoms with E-state index in [0.717, 1.165) is 24.3 Å². The average Bonchev–Trinajstić information content (AvgIpc) is 2.38. The molecule has 0 aliphatic heterocycles. The van der Waals surface area contributed by atoms with Gasteiger partial charge < -0.3 is 5.73 Å². The number of benzene rings is 1. The fraction of sp³-hybridized carbons (Fsp3) is 0.625. The van der Waals surface area contributed by atoms with Gasteiger partial charge in [0.05, 0.1) is 0 Å². The van der Waals surface area contributed by atoms with Gasteiger partial charge in [-0.25, -0.2) is 0 Å². The van der Waals surface area contributed by atoms with Crippen LogP contribution < -0.4 is 5.73 Å². The fourth-order valence-corrected chi connectivity index (χ4v) is 3.29. The van der Waals surface area contributed by atoms with Crippen LogP contribution in [0.25, 0.3) is 0 Å². The molecule has 1 nitrogen and oxygen atoms in total. The largest absolute Gasteiger partial charge is 0.321 e. The van der Waals surface area contributed by atoms with Gasteiger partial charge >= 0.3 is 0 Å². The van der Waals surface area contributed by atoms with E-state index in [-0.39, 0.29) is 5.54 Å². The lowest BCUT2D eigenvalue weighted by molar-refractivity contribution is 0.302. The molecule has 0 amide bonds. The Balaban J connectivity index is 2.28. The predicted molar refractivity (Wildman–Crippen MR) is 79.1 cm³/mol. The molecule has 1 aromatic rings. The van der Waals surface area contributed by atoms with Crippen molar-refractivity contribution in [1.82, 2.24) is 0 Å². The van der Waals surface area contributed by atoms with Crippen LogP contribution in [-0.4, -0.2) is 0 Å². The van der Waals surface area contributed by atoms with Crippen LogP contribution in [0.15, 0.2) is 18.2 Å². The van der Waals surface area contributed by atoms with Crippen LogP contribution >= 0.6 is 11.6 Å². The first-order valence-electron chi connectivity index (χ1n) is 7.15. The summed E-state index contributed by atoms with van der Waals surface area (Å²) < 4.78 is 0. The van der Waals surface area contributed by atoms with E-state index < -0.39 is 0 Å². The van der Waals surface area contributed by atoms with Gasteiger partial charge in [-0.1, -0.05) is 56.8 Å². The molecule has 1 unspecified atom stereocenters. The molecule has 1 aliphatic carbocycles. The summed E-state index contributed by atoms with van der Waals surface area (Å²) in [5, 5.41) is 0.886. The zero-order valence-corrected chi connectivity index (χ0v) is 12.3. The van der Waals surface area contributed by atoms with Gasteiger partial charge in [0.1, 0.15) is 0 Å². The highest BCUT2D eigenvalue weighted by Gasteiger charge is 2.29. The van der Waals surface area contributed by atoms with Crippen molar-refractivity contribution in [2.45, 2.75) is 63.8 Å². The van der Waals surface area contributed by atoms with E-state index in [2.05, 4.69) is 32.0 Å². The molecular weight excluding hydrogens is 242 g/mol. The molecule has 0 saturated heterocycles. The molecule has 0 aromatic heterocycles. The van der Waals surface area contributed by atoms with Crippen LogP contribution in [0.5, 0.6) is 0 Å².